The van der Waals surface area contributed by atoms with Gasteiger partial charge in [-0.2, -0.15) is 0 Å². The molecule has 1 atom stereocenters. The Labute approximate surface area is 203 Å². The number of hydrogen-bond donors (Lipinski definition) is 1. The van der Waals surface area contributed by atoms with Crippen LogP contribution in [0.25, 0.3) is 15.9 Å². The van der Waals surface area contributed by atoms with Crippen molar-refractivity contribution in [3.63, 3.8) is 0 Å². The number of aromatic nitrogens is 3. The van der Waals surface area contributed by atoms with Gasteiger partial charge in [-0.15, -0.1) is 11.8 Å². The third-order valence-electron chi connectivity index (χ3n) is 5.30. The molecular formula is C24H22N4O2S3. The van der Waals surface area contributed by atoms with E-state index in [1.165, 1.54) is 23.1 Å². The highest BCUT2D eigenvalue weighted by Gasteiger charge is 2.27. The van der Waals surface area contributed by atoms with Crippen molar-refractivity contribution in [2.75, 3.05) is 11.1 Å². The van der Waals surface area contributed by atoms with Crippen LogP contribution >= 0.6 is 34.9 Å². The summed E-state index contributed by atoms with van der Waals surface area (Å²) in [4.78, 5) is 36.1. The number of carbonyl (C=O) groups excluding carboxylic acids is 1. The van der Waals surface area contributed by atoms with Crippen molar-refractivity contribution in [2.24, 2.45) is 0 Å². The number of carbonyl (C=O) groups is 1. The molecule has 2 aromatic carbocycles. The van der Waals surface area contributed by atoms with Gasteiger partial charge in [-0.05, 0) is 43.7 Å². The maximum atomic E-state index is 13.4. The van der Waals surface area contributed by atoms with Crippen molar-refractivity contribution in [2.45, 2.75) is 42.5 Å². The van der Waals surface area contributed by atoms with Crippen LogP contribution in [0.4, 0.5) is 5.13 Å². The molecule has 0 unspecified atom stereocenters. The van der Waals surface area contributed by atoms with Gasteiger partial charge in [0.15, 0.2) is 10.3 Å². The highest BCUT2D eigenvalue weighted by atomic mass is 32.2. The minimum Gasteiger partial charge on any atom is -0.301 e. The minimum absolute atomic E-state index is 0.0670. The van der Waals surface area contributed by atoms with E-state index in [1.807, 2.05) is 50.2 Å². The van der Waals surface area contributed by atoms with Crippen molar-refractivity contribution in [3.05, 3.63) is 69.6 Å². The van der Waals surface area contributed by atoms with Gasteiger partial charge in [-0.1, -0.05) is 53.8 Å². The van der Waals surface area contributed by atoms with Gasteiger partial charge in [0.05, 0.1) is 32.2 Å². The van der Waals surface area contributed by atoms with Gasteiger partial charge in [-0.25, -0.2) is 9.97 Å². The Morgan fingerprint density at radius 2 is 1.91 bits per heavy atom. The number of benzene rings is 2. The number of nitrogens with one attached hydrogen (secondary N) is 1. The van der Waals surface area contributed by atoms with Crippen molar-refractivity contribution in [3.8, 4) is 5.69 Å². The summed E-state index contributed by atoms with van der Waals surface area (Å²) in [6.45, 7) is 6.14. The molecule has 0 aliphatic carbocycles. The van der Waals surface area contributed by atoms with E-state index in [0.29, 0.717) is 20.4 Å². The van der Waals surface area contributed by atoms with E-state index in [2.05, 4.69) is 23.3 Å². The Kier molecular flexibility index (Phi) is 6.03. The fourth-order valence-corrected chi connectivity index (χ4v) is 6.59. The number of thioether (sulfide) groups is 2. The predicted molar refractivity (Wildman–Crippen MR) is 137 cm³/mol. The van der Waals surface area contributed by atoms with Crippen LogP contribution in [0.3, 0.4) is 0 Å². The lowest BCUT2D eigenvalue weighted by atomic mass is 10.2. The molecule has 1 aliphatic rings. The average molecular weight is 495 g/mol. The molecule has 9 heteroatoms. The van der Waals surface area contributed by atoms with Crippen molar-refractivity contribution >= 4 is 56.1 Å². The second-order valence-electron chi connectivity index (χ2n) is 8.11. The van der Waals surface area contributed by atoms with E-state index >= 15 is 0 Å². The normalized spacial score (nSPS) is 15.1. The van der Waals surface area contributed by atoms with Crippen molar-refractivity contribution < 1.29 is 4.79 Å². The number of fused-ring (bicyclic) bond motifs is 2. The zero-order chi connectivity index (χ0) is 23.1. The fraction of sp³-hybridized carbons (Fsp3) is 0.250. The summed E-state index contributed by atoms with van der Waals surface area (Å²) in [6.07, 6.45) is 0.759. The van der Waals surface area contributed by atoms with E-state index in [4.69, 9.17) is 4.98 Å². The monoisotopic (exact) mass is 494 g/mol. The number of thiazole rings is 1. The smallest absolute Gasteiger partial charge is 0.272 e. The standard InChI is InChI=1S/C24H22N4O2S3/c1-13-4-7-16(8-5-13)28-22(30)21-18(11-15(3)32-21)26-24(28)31-12-20(29)27-23-25-17-9-6-14(2)10-19(17)33-23/h4-10,15H,11-12H2,1-3H3,(H,25,27,29)/t15-/m1/s1. The largest absolute Gasteiger partial charge is 0.301 e. The topological polar surface area (TPSA) is 76.9 Å². The number of aryl methyl sites for hydroxylation is 2. The summed E-state index contributed by atoms with van der Waals surface area (Å²) in [6, 6.07) is 13.8. The molecule has 3 heterocycles. The second-order valence-corrected chi connectivity index (χ2v) is 11.5. The summed E-state index contributed by atoms with van der Waals surface area (Å²) >= 11 is 4.30. The molecule has 6 nitrogen and oxygen atoms in total. The first-order valence-corrected chi connectivity index (χ1v) is 13.2. The quantitative estimate of drug-likeness (QED) is 0.303. The lowest BCUT2D eigenvalue weighted by molar-refractivity contribution is -0.113. The summed E-state index contributed by atoms with van der Waals surface area (Å²) < 4.78 is 2.67. The highest BCUT2D eigenvalue weighted by Crippen LogP contribution is 2.35. The Morgan fingerprint density at radius 1 is 1.15 bits per heavy atom. The van der Waals surface area contributed by atoms with Crippen molar-refractivity contribution in [1.82, 2.24) is 14.5 Å². The minimum atomic E-state index is -0.177. The summed E-state index contributed by atoms with van der Waals surface area (Å²) in [5.41, 5.74) is 4.65. The van der Waals surface area contributed by atoms with E-state index in [1.54, 1.807) is 16.3 Å². The SMILES string of the molecule is Cc1ccc(-n2c(SCC(=O)Nc3nc4ccc(C)cc4s3)nc3c(c2=O)S[C@H](C)C3)cc1. The van der Waals surface area contributed by atoms with Crippen LogP contribution < -0.4 is 10.9 Å². The van der Waals surface area contributed by atoms with Crippen LogP contribution in [0.2, 0.25) is 0 Å². The molecule has 33 heavy (non-hydrogen) atoms. The Bertz CT molecular complexity index is 1430. The molecule has 0 saturated carbocycles. The number of anilines is 1. The van der Waals surface area contributed by atoms with E-state index in [-0.39, 0.29) is 17.2 Å². The maximum absolute atomic E-state index is 13.4. The Balaban J connectivity index is 1.40. The zero-order valence-corrected chi connectivity index (χ0v) is 20.9. The lowest BCUT2D eigenvalue weighted by Crippen LogP contribution is -2.24. The average Bonchev–Trinajstić information content (AvgIpc) is 3.35. The third kappa shape index (κ3) is 4.58. The van der Waals surface area contributed by atoms with Crippen LogP contribution in [-0.4, -0.2) is 31.4 Å². The molecule has 4 aromatic rings. The van der Waals surface area contributed by atoms with Crippen LogP contribution in [0, 0.1) is 13.8 Å². The lowest BCUT2D eigenvalue weighted by Gasteiger charge is -2.13. The third-order valence-corrected chi connectivity index (χ3v) is 8.38. The zero-order valence-electron chi connectivity index (χ0n) is 18.4. The molecule has 1 N–H and O–H groups in total. The van der Waals surface area contributed by atoms with Crippen LogP contribution in [0.5, 0.6) is 0 Å². The number of hydrogen-bond acceptors (Lipinski definition) is 7. The Hall–Kier alpha value is -2.62. The molecule has 1 aliphatic heterocycles. The summed E-state index contributed by atoms with van der Waals surface area (Å²) in [5.74, 6) is -0.0434. The molecule has 2 aromatic heterocycles. The number of rotatable bonds is 5. The molecule has 0 fully saturated rings. The molecule has 168 valence electrons. The van der Waals surface area contributed by atoms with Crippen LogP contribution in [-0.2, 0) is 11.2 Å². The summed E-state index contributed by atoms with van der Waals surface area (Å²) in [5, 5.41) is 4.32. The first-order valence-electron chi connectivity index (χ1n) is 10.6. The van der Waals surface area contributed by atoms with Gasteiger partial charge < -0.3 is 5.32 Å². The van der Waals surface area contributed by atoms with Gasteiger partial charge in [0.1, 0.15) is 0 Å². The molecule has 0 spiro atoms. The molecular weight excluding hydrogens is 472 g/mol. The summed E-state index contributed by atoms with van der Waals surface area (Å²) in [7, 11) is 0. The molecule has 0 bridgehead atoms. The van der Waals surface area contributed by atoms with Gasteiger partial charge in [0.25, 0.3) is 5.56 Å². The van der Waals surface area contributed by atoms with Gasteiger partial charge >= 0.3 is 0 Å². The van der Waals surface area contributed by atoms with Gasteiger partial charge in [-0.3, -0.25) is 14.2 Å². The number of nitrogens with zero attached hydrogens (tertiary/aromatic N) is 3. The first kappa shape index (κ1) is 22.2. The predicted octanol–water partition coefficient (Wildman–Crippen LogP) is 5.23. The molecule has 1 amide bonds. The molecule has 0 saturated heterocycles. The van der Waals surface area contributed by atoms with Gasteiger partial charge in [0.2, 0.25) is 5.91 Å². The highest BCUT2D eigenvalue weighted by molar-refractivity contribution is 8.00. The van der Waals surface area contributed by atoms with Gasteiger partial charge in [0, 0.05) is 11.7 Å². The van der Waals surface area contributed by atoms with E-state index in [0.717, 1.165) is 39.1 Å². The van der Waals surface area contributed by atoms with E-state index < -0.39 is 0 Å². The van der Waals surface area contributed by atoms with Crippen molar-refractivity contribution in [1.29, 1.82) is 0 Å². The second kappa shape index (κ2) is 8.96. The van der Waals surface area contributed by atoms with Crippen LogP contribution in [0.15, 0.2) is 57.3 Å². The first-order chi connectivity index (χ1) is 15.9. The number of amides is 1. The molecule has 5 rings (SSSR count). The fourth-order valence-electron chi connectivity index (χ4n) is 3.69. The Morgan fingerprint density at radius 3 is 2.70 bits per heavy atom. The van der Waals surface area contributed by atoms with Crippen LogP contribution in [0.1, 0.15) is 23.7 Å². The maximum Gasteiger partial charge on any atom is 0.272 e. The molecule has 0 radical (unpaired) electrons. The van der Waals surface area contributed by atoms with E-state index in [9.17, 15) is 9.59 Å².